The van der Waals surface area contributed by atoms with Crippen LogP contribution in [0.5, 0.6) is 5.75 Å². The van der Waals surface area contributed by atoms with Gasteiger partial charge in [0.2, 0.25) is 0 Å². The molecule has 3 aromatic rings. The minimum absolute atomic E-state index is 0.0801. The van der Waals surface area contributed by atoms with Gasteiger partial charge in [-0.3, -0.25) is 14.8 Å². The number of methoxy groups -OCH3 is 1. The highest BCUT2D eigenvalue weighted by molar-refractivity contribution is 5.37. The van der Waals surface area contributed by atoms with Gasteiger partial charge in [-0.15, -0.1) is 5.10 Å². The lowest BCUT2D eigenvalue weighted by atomic mass is 10.3. The van der Waals surface area contributed by atoms with Crippen LogP contribution < -0.4 is 4.74 Å². The molecule has 112 valence electrons. The lowest BCUT2D eigenvalue weighted by Crippen LogP contribution is -2.09. The Hall–Kier alpha value is -3.30. The molecule has 1 aromatic carbocycles. The van der Waals surface area contributed by atoms with E-state index in [1.54, 1.807) is 19.2 Å². The zero-order valence-electron chi connectivity index (χ0n) is 11.5. The van der Waals surface area contributed by atoms with E-state index in [4.69, 9.17) is 4.74 Å². The molecule has 0 fully saturated rings. The van der Waals surface area contributed by atoms with Crippen molar-refractivity contribution in [1.82, 2.24) is 30.0 Å². The molecule has 0 aliphatic carbocycles. The fourth-order valence-corrected chi connectivity index (χ4v) is 1.91. The van der Waals surface area contributed by atoms with E-state index < -0.39 is 4.92 Å². The van der Waals surface area contributed by atoms with E-state index >= 15 is 0 Å². The van der Waals surface area contributed by atoms with Crippen molar-refractivity contribution in [3.05, 3.63) is 52.6 Å². The van der Waals surface area contributed by atoms with Gasteiger partial charge >= 0.3 is 5.69 Å². The van der Waals surface area contributed by atoms with Crippen LogP contribution in [-0.4, -0.2) is 42.0 Å². The fraction of sp³-hybridized carbons (Fsp3) is 0.167. The van der Waals surface area contributed by atoms with Gasteiger partial charge < -0.3 is 4.74 Å². The Bertz CT molecular complexity index is 793. The Morgan fingerprint density at radius 2 is 2.09 bits per heavy atom. The average molecular weight is 301 g/mol. The maximum absolute atomic E-state index is 10.7. The number of hydrogen-bond donors (Lipinski definition) is 0. The van der Waals surface area contributed by atoms with Crippen molar-refractivity contribution < 1.29 is 9.66 Å². The predicted octanol–water partition coefficient (Wildman–Crippen LogP) is 0.824. The maximum atomic E-state index is 10.7. The van der Waals surface area contributed by atoms with Gasteiger partial charge in [-0.25, -0.2) is 0 Å². The third-order valence-corrected chi connectivity index (χ3v) is 2.98. The summed E-state index contributed by atoms with van der Waals surface area (Å²) in [7, 11) is 1.59. The van der Waals surface area contributed by atoms with Crippen molar-refractivity contribution in [3.8, 4) is 11.4 Å². The van der Waals surface area contributed by atoms with Crippen LogP contribution in [0.3, 0.4) is 0 Å². The van der Waals surface area contributed by atoms with Gasteiger partial charge in [-0.2, -0.15) is 9.78 Å². The largest absolute Gasteiger partial charge is 0.497 e. The number of nitro groups is 1. The topological polar surface area (TPSA) is 114 Å². The second-order valence-corrected chi connectivity index (χ2v) is 4.36. The van der Waals surface area contributed by atoms with Crippen LogP contribution >= 0.6 is 0 Å². The van der Waals surface area contributed by atoms with E-state index in [0.717, 1.165) is 11.4 Å². The summed E-state index contributed by atoms with van der Waals surface area (Å²) in [6.45, 7) is 0.215. The number of nitrogens with zero attached hydrogens (tertiary/aromatic N) is 7. The number of rotatable bonds is 5. The average Bonchev–Trinajstić information content (AvgIpc) is 3.17. The van der Waals surface area contributed by atoms with E-state index in [1.165, 1.54) is 21.8 Å². The number of ether oxygens (including phenoxy) is 1. The zero-order chi connectivity index (χ0) is 15.5. The maximum Gasteiger partial charge on any atom is 0.307 e. The highest BCUT2D eigenvalue weighted by atomic mass is 16.6. The number of benzene rings is 1. The molecule has 0 aliphatic heterocycles. The van der Waals surface area contributed by atoms with Crippen LogP contribution in [0.4, 0.5) is 5.69 Å². The van der Waals surface area contributed by atoms with Crippen molar-refractivity contribution in [2.75, 3.05) is 7.11 Å². The van der Waals surface area contributed by atoms with Gasteiger partial charge in [0.15, 0.2) is 5.82 Å². The summed E-state index contributed by atoms with van der Waals surface area (Å²) < 4.78 is 8.04. The number of hydrogen-bond acceptors (Lipinski definition) is 7. The minimum Gasteiger partial charge on any atom is -0.497 e. The first-order chi connectivity index (χ1) is 10.7. The standard InChI is InChI=1S/C12H11N7O3/c1-22-11-4-2-9(3-5-11)18-12(14-15-16-18)8-17-7-10(6-13-17)19(20)21/h2-7H,8H2,1H3. The van der Waals surface area contributed by atoms with Gasteiger partial charge in [0.05, 0.1) is 17.7 Å². The molecule has 0 amide bonds. The molecule has 10 heteroatoms. The summed E-state index contributed by atoms with van der Waals surface area (Å²) in [5.74, 6) is 1.23. The van der Waals surface area contributed by atoms with Crippen LogP contribution in [0.15, 0.2) is 36.7 Å². The normalized spacial score (nSPS) is 10.6. The van der Waals surface area contributed by atoms with Crippen LogP contribution in [0.2, 0.25) is 0 Å². The highest BCUT2D eigenvalue weighted by Gasteiger charge is 2.13. The summed E-state index contributed by atoms with van der Waals surface area (Å²) in [5.41, 5.74) is 0.672. The molecule has 0 radical (unpaired) electrons. The zero-order valence-corrected chi connectivity index (χ0v) is 11.5. The van der Waals surface area contributed by atoms with Crippen molar-refractivity contribution in [2.45, 2.75) is 6.54 Å². The summed E-state index contributed by atoms with van der Waals surface area (Å²) in [4.78, 5) is 10.2. The van der Waals surface area contributed by atoms with Crippen molar-refractivity contribution in [3.63, 3.8) is 0 Å². The summed E-state index contributed by atoms with van der Waals surface area (Å²) in [5, 5.41) is 26.1. The highest BCUT2D eigenvalue weighted by Crippen LogP contribution is 2.15. The second-order valence-electron chi connectivity index (χ2n) is 4.36. The Morgan fingerprint density at radius 1 is 1.32 bits per heavy atom. The van der Waals surface area contributed by atoms with E-state index in [9.17, 15) is 10.1 Å². The molecule has 10 nitrogen and oxygen atoms in total. The third kappa shape index (κ3) is 2.61. The SMILES string of the molecule is COc1ccc(-n2nnnc2Cn2cc([N+](=O)[O-])cn2)cc1. The molecule has 0 saturated heterocycles. The number of tetrazole rings is 1. The van der Waals surface area contributed by atoms with Gasteiger partial charge in [0.1, 0.15) is 24.7 Å². The van der Waals surface area contributed by atoms with Crippen molar-refractivity contribution in [2.24, 2.45) is 0 Å². The molecular weight excluding hydrogens is 290 g/mol. The Kier molecular flexibility index (Phi) is 3.48. The van der Waals surface area contributed by atoms with Crippen molar-refractivity contribution >= 4 is 5.69 Å². The first-order valence-corrected chi connectivity index (χ1v) is 6.26. The molecule has 0 spiro atoms. The number of aromatic nitrogens is 6. The van der Waals surface area contributed by atoms with Gasteiger partial charge in [0.25, 0.3) is 0 Å². The summed E-state index contributed by atoms with van der Waals surface area (Å²) in [6, 6.07) is 7.20. The molecule has 0 bridgehead atoms. The summed E-state index contributed by atoms with van der Waals surface area (Å²) in [6.07, 6.45) is 2.51. The molecule has 0 saturated carbocycles. The van der Waals surface area contributed by atoms with Gasteiger partial charge in [-0.05, 0) is 34.7 Å². The second kappa shape index (κ2) is 5.60. The van der Waals surface area contributed by atoms with E-state index in [0.29, 0.717) is 5.82 Å². The molecule has 3 rings (SSSR count). The monoisotopic (exact) mass is 301 g/mol. The first-order valence-electron chi connectivity index (χ1n) is 6.26. The molecule has 0 atom stereocenters. The quantitative estimate of drug-likeness (QED) is 0.506. The molecule has 22 heavy (non-hydrogen) atoms. The van der Waals surface area contributed by atoms with E-state index in [2.05, 4.69) is 20.6 Å². The predicted molar refractivity (Wildman–Crippen MR) is 73.7 cm³/mol. The molecule has 0 aliphatic rings. The molecule has 0 unspecified atom stereocenters. The minimum atomic E-state index is -0.504. The van der Waals surface area contributed by atoms with Crippen LogP contribution in [0.25, 0.3) is 5.69 Å². The van der Waals surface area contributed by atoms with Crippen LogP contribution in [0, 0.1) is 10.1 Å². The van der Waals surface area contributed by atoms with Gasteiger partial charge in [-0.1, -0.05) is 0 Å². The van der Waals surface area contributed by atoms with Crippen molar-refractivity contribution in [1.29, 1.82) is 0 Å². The van der Waals surface area contributed by atoms with Crippen LogP contribution in [-0.2, 0) is 6.54 Å². The van der Waals surface area contributed by atoms with Crippen LogP contribution in [0.1, 0.15) is 5.82 Å². The Morgan fingerprint density at radius 3 is 2.73 bits per heavy atom. The lowest BCUT2D eigenvalue weighted by molar-refractivity contribution is -0.385. The molecule has 2 heterocycles. The molecule has 0 N–H and O–H groups in total. The Labute approximate surface area is 124 Å². The molecule has 2 aromatic heterocycles. The first kappa shape index (κ1) is 13.7. The Balaban J connectivity index is 1.86. The molecular formula is C12H11N7O3. The summed E-state index contributed by atoms with van der Waals surface area (Å²) >= 11 is 0. The van der Waals surface area contributed by atoms with Gasteiger partial charge in [0, 0.05) is 0 Å². The smallest absolute Gasteiger partial charge is 0.307 e. The lowest BCUT2D eigenvalue weighted by Gasteiger charge is -2.05. The van der Waals surface area contributed by atoms with E-state index in [-0.39, 0.29) is 12.2 Å². The van der Waals surface area contributed by atoms with E-state index in [1.807, 2.05) is 12.1 Å². The fourth-order valence-electron chi connectivity index (χ4n) is 1.91. The third-order valence-electron chi connectivity index (χ3n) is 2.98.